The van der Waals surface area contributed by atoms with Crippen LogP contribution in [0, 0.1) is 0 Å². The molecule has 0 saturated heterocycles. The highest BCUT2D eigenvalue weighted by molar-refractivity contribution is 5.24. The average molecular weight is 385 g/mol. The second-order valence-corrected chi connectivity index (χ2v) is 8.32. The molecule has 3 atom stereocenters. The second kappa shape index (κ2) is 10.8. The van der Waals surface area contributed by atoms with E-state index in [2.05, 4.69) is 38.1 Å². The monoisotopic (exact) mass is 384 g/mol. The van der Waals surface area contributed by atoms with Crippen molar-refractivity contribution in [1.29, 1.82) is 0 Å². The first-order valence-corrected chi connectivity index (χ1v) is 10.4. The van der Waals surface area contributed by atoms with Crippen LogP contribution >= 0.6 is 0 Å². The maximum Gasteiger partial charge on any atom is 0.0899 e. The topological polar surface area (TPSA) is 49.7 Å². The van der Waals surface area contributed by atoms with E-state index in [0.717, 1.165) is 44.1 Å². The quantitative estimate of drug-likeness (QED) is 0.529. The van der Waals surface area contributed by atoms with Gasteiger partial charge in [-0.2, -0.15) is 0 Å². The van der Waals surface area contributed by atoms with Crippen LogP contribution in [0.2, 0.25) is 0 Å². The van der Waals surface area contributed by atoms with Crippen molar-refractivity contribution in [3.63, 3.8) is 0 Å². The third-order valence-electron chi connectivity index (χ3n) is 6.11. The molecule has 0 saturated carbocycles. The van der Waals surface area contributed by atoms with Crippen molar-refractivity contribution in [3.05, 3.63) is 71.8 Å². The van der Waals surface area contributed by atoms with Gasteiger partial charge in [0, 0.05) is 12.5 Å². The van der Waals surface area contributed by atoms with Gasteiger partial charge in [-0.1, -0.05) is 67.6 Å². The molecule has 0 radical (unpaired) electrons. The van der Waals surface area contributed by atoms with Crippen LogP contribution < -0.4 is 0 Å². The molecule has 0 spiro atoms. The zero-order chi connectivity index (χ0) is 20.5. The molecule has 0 aliphatic heterocycles. The van der Waals surface area contributed by atoms with Gasteiger partial charge in [0.1, 0.15) is 0 Å². The molecule has 0 fully saturated rings. The Morgan fingerprint density at radius 2 is 1.32 bits per heavy atom. The Labute approximate surface area is 170 Å². The van der Waals surface area contributed by atoms with Crippen LogP contribution in [0.3, 0.4) is 0 Å². The highest BCUT2D eigenvalue weighted by atomic mass is 16.5. The zero-order valence-corrected chi connectivity index (χ0v) is 17.6. The standard InChI is InChI=1S/C25H36O3/c1-24(20-26,21-12-6-4-7-13-21)18-10-16-23(27)17-11-19-25(2,28-3)22-14-8-5-9-15-22/h4-9,12-15,23,26-27H,10-11,16-20H2,1-3H3. The van der Waals surface area contributed by atoms with Crippen LogP contribution in [0.25, 0.3) is 0 Å². The van der Waals surface area contributed by atoms with Gasteiger partial charge in [0.05, 0.1) is 18.3 Å². The van der Waals surface area contributed by atoms with Gasteiger partial charge in [-0.3, -0.25) is 0 Å². The van der Waals surface area contributed by atoms with E-state index in [1.165, 1.54) is 5.56 Å². The highest BCUT2D eigenvalue weighted by Gasteiger charge is 2.27. The molecule has 154 valence electrons. The van der Waals surface area contributed by atoms with E-state index in [-0.39, 0.29) is 23.7 Å². The maximum absolute atomic E-state index is 10.4. The number of aliphatic hydroxyl groups excluding tert-OH is 2. The molecular weight excluding hydrogens is 348 g/mol. The molecule has 3 heteroatoms. The predicted molar refractivity (Wildman–Crippen MR) is 115 cm³/mol. The van der Waals surface area contributed by atoms with Gasteiger partial charge >= 0.3 is 0 Å². The summed E-state index contributed by atoms with van der Waals surface area (Å²) < 4.78 is 5.79. The fraction of sp³-hybridized carbons (Fsp3) is 0.520. The highest BCUT2D eigenvalue weighted by Crippen LogP contribution is 2.32. The maximum atomic E-state index is 10.4. The Hall–Kier alpha value is -1.68. The summed E-state index contributed by atoms with van der Waals surface area (Å²) in [7, 11) is 1.75. The molecule has 0 aliphatic rings. The van der Waals surface area contributed by atoms with Crippen LogP contribution in [0.5, 0.6) is 0 Å². The molecule has 3 unspecified atom stereocenters. The number of aliphatic hydroxyl groups is 2. The van der Waals surface area contributed by atoms with E-state index in [1.807, 2.05) is 36.4 Å². The first-order valence-electron chi connectivity index (χ1n) is 10.4. The zero-order valence-electron chi connectivity index (χ0n) is 17.6. The summed E-state index contributed by atoms with van der Waals surface area (Å²) >= 11 is 0. The Morgan fingerprint density at radius 1 is 0.821 bits per heavy atom. The fourth-order valence-electron chi connectivity index (χ4n) is 3.86. The van der Waals surface area contributed by atoms with Crippen molar-refractivity contribution < 1.29 is 14.9 Å². The minimum atomic E-state index is -0.316. The third kappa shape index (κ3) is 6.16. The SMILES string of the molecule is COC(C)(CCCC(O)CCCC(C)(CO)c1ccccc1)c1ccccc1. The molecule has 0 amide bonds. The van der Waals surface area contributed by atoms with Crippen LogP contribution in [0.4, 0.5) is 0 Å². The molecule has 2 aromatic carbocycles. The summed E-state index contributed by atoms with van der Waals surface area (Å²) in [5, 5.41) is 20.3. The van der Waals surface area contributed by atoms with Crippen LogP contribution in [0.1, 0.15) is 63.5 Å². The second-order valence-electron chi connectivity index (χ2n) is 8.32. The average Bonchev–Trinajstić information content (AvgIpc) is 2.74. The lowest BCUT2D eigenvalue weighted by Gasteiger charge is -2.30. The number of hydrogen-bond donors (Lipinski definition) is 2. The molecule has 2 N–H and O–H groups in total. The Bertz CT molecular complexity index is 613. The normalized spacial score (nSPS) is 16.9. The van der Waals surface area contributed by atoms with Gasteiger partial charge in [0.2, 0.25) is 0 Å². The summed E-state index contributed by atoms with van der Waals surface area (Å²) in [5.74, 6) is 0. The molecule has 3 nitrogen and oxygen atoms in total. The number of ether oxygens (including phenoxy) is 1. The Balaban J connectivity index is 1.77. The van der Waals surface area contributed by atoms with E-state index in [0.29, 0.717) is 0 Å². The van der Waals surface area contributed by atoms with E-state index >= 15 is 0 Å². The van der Waals surface area contributed by atoms with E-state index in [1.54, 1.807) is 7.11 Å². The largest absolute Gasteiger partial charge is 0.395 e. The lowest BCUT2D eigenvalue weighted by atomic mass is 9.78. The Kier molecular flexibility index (Phi) is 8.68. The van der Waals surface area contributed by atoms with Gasteiger partial charge in [0.25, 0.3) is 0 Å². The first-order chi connectivity index (χ1) is 13.4. The molecule has 28 heavy (non-hydrogen) atoms. The van der Waals surface area contributed by atoms with E-state index in [4.69, 9.17) is 4.74 Å². The molecule has 0 aromatic heterocycles. The van der Waals surface area contributed by atoms with E-state index in [9.17, 15) is 10.2 Å². The van der Waals surface area contributed by atoms with Crippen LogP contribution in [-0.2, 0) is 15.8 Å². The first kappa shape index (κ1) is 22.6. The Morgan fingerprint density at radius 3 is 1.82 bits per heavy atom. The smallest absolute Gasteiger partial charge is 0.0899 e. The van der Waals surface area contributed by atoms with Crippen molar-refractivity contribution in [3.8, 4) is 0 Å². The van der Waals surface area contributed by atoms with Crippen molar-refractivity contribution >= 4 is 0 Å². The van der Waals surface area contributed by atoms with Crippen LogP contribution in [-0.4, -0.2) is 30.0 Å². The molecule has 0 aliphatic carbocycles. The van der Waals surface area contributed by atoms with Crippen molar-refractivity contribution in [2.45, 2.75) is 69.5 Å². The molecule has 0 bridgehead atoms. The lowest BCUT2D eigenvalue weighted by molar-refractivity contribution is -0.0102. The van der Waals surface area contributed by atoms with E-state index < -0.39 is 0 Å². The third-order valence-corrected chi connectivity index (χ3v) is 6.11. The van der Waals surface area contributed by atoms with Gasteiger partial charge in [-0.25, -0.2) is 0 Å². The lowest BCUT2D eigenvalue weighted by Crippen LogP contribution is -2.27. The molecule has 0 heterocycles. The summed E-state index contributed by atoms with van der Waals surface area (Å²) in [6, 6.07) is 20.4. The van der Waals surface area contributed by atoms with Crippen molar-refractivity contribution in [2.75, 3.05) is 13.7 Å². The molecule has 2 aromatic rings. The summed E-state index contributed by atoms with van der Waals surface area (Å²) in [4.78, 5) is 0. The fourth-order valence-corrected chi connectivity index (χ4v) is 3.86. The number of hydrogen-bond acceptors (Lipinski definition) is 3. The predicted octanol–water partition coefficient (Wildman–Crippen LogP) is 5.20. The minimum Gasteiger partial charge on any atom is -0.395 e. The summed E-state index contributed by atoms with van der Waals surface area (Å²) in [6.45, 7) is 4.33. The summed E-state index contributed by atoms with van der Waals surface area (Å²) in [6.07, 6.45) is 4.78. The number of methoxy groups -OCH3 is 1. The van der Waals surface area contributed by atoms with Gasteiger partial charge in [0.15, 0.2) is 0 Å². The minimum absolute atomic E-state index is 0.121. The molecule has 2 rings (SSSR count). The summed E-state index contributed by atoms with van der Waals surface area (Å²) in [5.41, 5.74) is 1.77. The molecular formula is C25H36O3. The van der Waals surface area contributed by atoms with Gasteiger partial charge in [-0.15, -0.1) is 0 Å². The van der Waals surface area contributed by atoms with Crippen molar-refractivity contribution in [2.24, 2.45) is 0 Å². The van der Waals surface area contributed by atoms with Gasteiger partial charge < -0.3 is 14.9 Å². The van der Waals surface area contributed by atoms with Crippen molar-refractivity contribution in [1.82, 2.24) is 0 Å². The number of rotatable bonds is 12. The van der Waals surface area contributed by atoms with Crippen LogP contribution in [0.15, 0.2) is 60.7 Å². The number of benzene rings is 2. The van der Waals surface area contributed by atoms with Gasteiger partial charge in [-0.05, 0) is 56.6 Å².